The fourth-order valence-electron chi connectivity index (χ4n) is 1.29. The van der Waals surface area contributed by atoms with Crippen LogP contribution in [-0.4, -0.2) is 22.3 Å². The Morgan fingerprint density at radius 3 is 2.69 bits per heavy atom. The molecule has 1 aromatic heterocycles. The molecule has 0 aliphatic heterocycles. The van der Waals surface area contributed by atoms with Gasteiger partial charge in [-0.25, -0.2) is 0 Å². The van der Waals surface area contributed by atoms with Gasteiger partial charge in [0.1, 0.15) is 0 Å². The number of hydrogen-bond donors (Lipinski definition) is 1. The highest BCUT2D eigenvalue weighted by Crippen LogP contribution is 2.12. The molecular formula is C10H15NOS. The molecule has 0 amide bonds. The number of Topliss-reactive ketones (excluding diaryl/α,β-unsaturated/α-hetero) is 1. The maximum Gasteiger partial charge on any atom is 0.174 e. The maximum atomic E-state index is 11.6. The summed E-state index contributed by atoms with van der Waals surface area (Å²) >= 11 is 1.67. The van der Waals surface area contributed by atoms with Crippen LogP contribution in [0.4, 0.5) is 0 Å². The number of rotatable bonds is 4. The Labute approximate surface area is 83.1 Å². The first-order valence-electron chi connectivity index (χ1n) is 4.42. The molecular weight excluding hydrogens is 182 g/mol. The Balaban J connectivity index is 2.70. The molecule has 1 aromatic rings. The van der Waals surface area contributed by atoms with E-state index in [0.717, 1.165) is 22.7 Å². The van der Waals surface area contributed by atoms with Crippen molar-refractivity contribution in [1.82, 2.24) is 4.98 Å². The number of aromatic amines is 1. The van der Waals surface area contributed by atoms with Crippen molar-refractivity contribution in [3.8, 4) is 0 Å². The lowest BCUT2D eigenvalue weighted by molar-refractivity contribution is 0.102. The Morgan fingerprint density at radius 2 is 2.23 bits per heavy atom. The minimum atomic E-state index is 0.230. The van der Waals surface area contributed by atoms with E-state index in [1.54, 1.807) is 11.8 Å². The van der Waals surface area contributed by atoms with Crippen LogP contribution in [0.2, 0.25) is 0 Å². The highest BCUT2D eigenvalue weighted by atomic mass is 32.2. The summed E-state index contributed by atoms with van der Waals surface area (Å²) in [6.07, 6.45) is 0. The molecule has 1 rings (SSSR count). The molecule has 0 bridgehead atoms. The number of hydrogen-bond acceptors (Lipinski definition) is 2. The van der Waals surface area contributed by atoms with E-state index in [2.05, 4.69) is 11.9 Å². The van der Waals surface area contributed by atoms with Gasteiger partial charge in [-0.2, -0.15) is 11.8 Å². The second kappa shape index (κ2) is 4.51. The summed E-state index contributed by atoms with van der Waals surface area (Å²) in [6.45, 7) is 5.97. The van der Waals surface area contributed by atoms with E-state index in [-0.39, 0.29) is 5.78 Å². The molecule has 0 aliphatic carbocycles. The summed E-state index contributed by atoms with van der Waals surface area (Å²) in [7, 11) is 0. The Kier molecular flexibility index (Phi) is 3.60. The third-order valence-electron chi connectivity index (χ3n) is 1.89. The van der Waals surface area contributed by atoms with Gasteiger partial charge in [0.05, 0.1) is 5.75 Å². The molecule has 0 aromatic carbocycles. The van der Waals surface area contributed by atoms with Crippen LogP contribution < -0.4 is 0 Å². The van der Waals surface area contributed by atoms with Gasteiger partial charge in [0, 0.05) is 17.0 Å². The molecule has 1 heterocycles. The number of ketones is 1. The summed E-state index contributed by atoms with van der Waals surface area (Å²) in [5, 5.41) is 0. The molecule has 0 atom stereocenters. The SMILES string of the molecule is CCSCC(=O)c1cc(C)[nH]c1C. The molecule has 0 unspecified atom stereocenters. The zero-order chi connectivity index (χ0) is 9.84. The minimum absolute atomic E-state index is 0.230. The van der Waals surface area contributed by atoms with E-state index in [0.29, 0.717) is 5.75 Å². The van der Waals surface area contributed by atoms with Crippen LogP contribution in [0.15, 0.2) is 6.07 Å². The summed E-state index contributed by atoms with van der Waals surface area (Å²) in [5.41, 5.74) is 2.89. The molecule has 0 aliphatic rings. The third kappa shape index (κ3) is 2.62. The number of aryl methyl sites for hydroxylation is 2. The van der Waals surface area contributed by atoms with Crippen molar-refractivity contribution in [2.45, 2.75) is 20.8 Å². The van der Waals surface area contributed by atoms with E-state index in [1.807, 2.05) is 19.9 Å². The van der Waals surface area contributed by atoms with Gasteiger partial charge in [-0.15, -0.1) is 0 Å². The van der Waals surface area contributed by atoms with Gasteiger partial charge in [-0.3, -0.25) is 4.79 Å². The molecule has 1 N–H and O–H groups in total. The molecule has 0 fully saturated rings. The van der Waals surface area contributed by atoms with E-state index in [4.69, 9.17) is 0 Å². The second-order valence-electron chi connectivity index (χ2n) is 3.05. The van der Waals surface area contributed by atoms with Gasteiger partial charge >= 0.3 is 0 Å². The summed E-state index contributed by atoms with van der Waals surface area (Å²) in [4.78, 5) is 14.7. The van der Waals surface area contributed by atoms with Crippen molar-refractivity contribution in [2.75, 3.05) is 11.5 Å². The van der Waals surface area contributed by atoms with Crippen LogP contribution in [0, 0.1) is 13.8 Å². The van der Waals surface area contributed by atoms with Gasteiger partial charge in [0.25, 0.3) is 0 Å². The lowest BCUT2D eigenvalue weighted by Gasteiger charge is -1.97. The van der Waals surface area contributed by atoms with Crippen LogP contribution >= 0.6 is 11.8 Å². The van der Waals surface area contributed by atoms with Crippen molar-refractivity contribution in [3.63, 3.8) is 0 Å². The average molecular weight is 197 g/mol. The smallest absolute Gasteiger partial charge is 0.174 e. The number of nitrogens with one attached hydrogen (secondary N) is 1. The molecule has 13 heavy (non-hydrogen) atoms. The quantitative estimate of drug-likeness (QED) is 0.752. The molecule has 2 nitrogen and oxygen atoms in total. The number of aromatic nitrogens is 1. The van der Waals surface area contributed by atoms with Crippen molar-refractivity contribution in [3.05, 3.63) is 23.0 Å². The number of thioether (sulfide) groups is 1. The third-order valence-corrected chi connectivity index (χ3v) is 2.76. The number of H-pyrrole nitrogens is 1. The molecule has 0 radical (unpaired) electrons. The largest absolute Gasteiger partial charge is 0.362 e. The van der Waals surface area contributed by atoms with Crippen LogP contribution in [0.3, 0.4) is 0 Å². The summed E-state index contributed by atoms with van der Waals surface area (Å²) < 4.78 is 0. The van der Waals surface area contributed by atoms with Gasteiger partial charge in [0.15, 0.2) is 5.78 Å². The Hall–Kier alpha value is -0.700. The van der Waals surface area contributed by atoms with Gasteiger partial charge < -0.3 is 4.98 Å². The van der Waals surface area contributed by atoms with E-state index in [1.165, 1.54) is 0 Å². The van der Waals surface area contributed by atoms with E-state index in [9.17, 15) is 4.79 Å². The molecule has 0 spiro atoms. The van der Waals surface area contributed by atoms with Crippen LogP contribution in [0.25, 0.3) is 0 Å². The molecule has 0 saturated heterocycles. The van der Waals surface area contributed by atoms with Crippen molar-refractivity contribution in [1.29, 1.82) is 0 Å². The van der Waals surface area contributed by atoms with Crippen LogP contribution in [-0.2, 0) is 0 Å². The van der Waals surface area contributed by atoms with Gasteiger partial charge in [-0.1, -0.05) is 6.92 Å². The first-order chi connectivity index (χ1) is 6.15. The lowest BCUT2D eigenvalue weighted by atomic mass is 10.2. The first kappa shape index (κ1) is 10.4. The summed E-state index contributed by atoms with van der Waals surface area (Å²) in [6, 6.07) is 1.92. The van der Waals surface area contributed by atoms with E-state index >= 15 is 0 Å². The predicted molar refractivity (Wildman–Crippen MR) is 57.6 cm³/mol. The van der Waals surface area contributed by atoms with Gasteiger partial charge in [-0.05, 0) is 25.7 Å². The molecule has 3 heteroatoms. The molecule has 0 saturated carbocycles. The Bertz CT molecular complexity index is 304. The first-order valence-corrected chi connectivity index (χ1v) is 5.57. The van der Waals surface area contributed by atoms with Crippen molar-refractivity contribution >= 4 is 17.5 Å². The fourth-order valence-corrected chi connectivity index (χ4v) is 1.83. The van der Waals surface area contributed by atoms with Crippen LogP contribution in [0.5, 0.6) is 0 Å². The zero-order valence-corrected chi connectivity index (χ0v) is 9.12. The average Bonchev–Trinajstić information content (AvgIpc) is 2.41. The van der Waals surface area contributed by atoms with E-state index < -0.39 is 0 Å². The highest BCUT2D eigenvalue weighted by Gasteiger charge is 2.10. The lowest BCUT2D eigenvalue weighted by Crippen LogP contribution is -2.02. The van der Waals surface area contributed by atoms with Crippen LogP contribution in [0.1, 0.15) is 28.7 Å². The fraction of sp³-hybridized carbons (Fsp3) is 0.500. The normalized spacial score (nSPS) is 10.4. The number of carbonyl (C=O) groups excluding carboxylic acids is 1. The Morgan fingerprint density at radius 1 is 1.54 bits per heavy atom. The zero-order valence-electron chi connectivity index (χ0n) is 8.31. The van der Waals surface area contributed by atoms with Gasteiger partial charge in [0.2, 0.25) is 0 Å². The number of carbonyl (C=O) groups is 1. The second-order valence-corrected chi connectivity index (χ2v) is 4.33. The van der Waals surface area contributed by atoms with Crippen molar-refractivity contribution < 1.29 is 4.79 Å². The van der Waals surface area contributed by atoms with Crippen molar-refractivity contribution in [2.24, 2.45) is 0 Å². The molecule has 72 valence electrons. The predicted octanol–water partition coefficient (Wildman–Crippen LogP) is 2.57. The minimum Gasteiger partial charge on any atom is -0.362 e. The monoisotopic (exact) mass is 197 g/mol. The summed E-state index contributed by atoms with van der Waals surface area (Å²) in [5.74, 6) is 1.82. The topological polar surface area (TPSA) is 32.9 Å². The maximum absolute atomic E-state index is 11.6. The standard InChI is InChI=1S/C10H15NOS/c1-4-13-6-10(12)9-5-7(2)11-8(9)3/h5,11H,4,6H2,1-3H3. The highest BCUT2D eigenvalue weighted by molar-refractivity contribution is 7.99.